The molecule has 0 unspecified atom stereocenters. The van der Waals surface area contributed by atoms with E-state index in [1.165, 1.54) is 0 Å². The molecule has 2 rings (SSSR count). The van der Waals surface area contributed by atoms with Gasteiger partial charge in [-0.05, 0) is 27.7 Å². The van der Waals surface area contributed by atoms with Crippen LogP contribution in [-0.2, 0) is 15.5 Å². The van der Waals surface area contributed by atoms with Crippen LogP contribution in [0.5, 0.6) is 0 Å². The van der Waals surface area contributed by atoms with Crippen molar-refractivity contribution >= 4 is 12.7 Å². The molecule has 1 fully saturated rings. The smallest absolute Gasteiger partial charge is 0.398 e. The van der Waals surface area contributed by atoms with Crippen LogP contribution in [-0.4, -0.2) is 28.5 Å². The lowest BCUT2D eigenvalue weighted by molar-refractivity contribution is -0.136. The third-order valence-electron chi connectivity index (χ3n) is 3.46. The summed E-state index contributed by atoms with van der Waals surface area (Å²) in [6, 6.07) is 0. The van der Waals surface area contributed by atoms with Crippen molar-refractivity contribution in [3.8, 4) is 0 Å². The normalized spacial score (nSPS) is 22.5. The fourth-order valence-corrected chi connectivity index (χ4v) is 1.66. The molecule has 0 saturated carbocycles. The van der Waals surface area contributed by atoms with Gasteiger partial charge in [0.25, 0.3) is 0 Å². The number of rotatable bonds is 1. The van der Waals surface area contributed by atoms with E-state index in [0.29, 0.717) is 0 Å². The molecule has 1 aliphatic rings. The molecule has 0 atom stereocenters. The fraction of sp³-hybridized carbons (Fsp3) is 0.700. The number of H-pyrrole nitrogens is 1. The molecule has 0 spiro atoms. The lowest BCUT2D eigenvalue weighted by Crippen LogP contribution is -2.41. The van der Waals surface area contributed by atoms with Gasteiger partial charge in [0.1, 0.15) is 0 Å². The summed E-state index contributed by atoms with van der Waals surface area (Å²) in [6.45, 7) is 7.10. The van der Waals surface area contributed by atoms with E-state index < -0.39 is 30.1 Å². The number of aromatic nitrogens is 2. The highest BCUT2D eigenvalue weighted by Crippen LogP contribution is 2.37. The van der Waals surface area contributed by atoms with Crippen molar-refractivity contribution in [1.82, 2.24) is 10.2 Å². The summed E-state index contributed by atoms with van der Waals surface area (Å²) in [5.74, 6) is 0. The van der Waals surface area contributed by atoms with Crippen molar-refractivity contribution in [3.05, 3.63) is 11.8 Å². The van der Waals surface area contributed by atoms with Crippen LogP contribution in [0, 0.1) is 0 Å². The molecular weight excluding hydrogens is 248 g/mol. The van der Waals surface area contributed by atoms with Crippen molar-refractivity contribution in [2.45, 2.75) is 45.1 Å². The Labute approximate surface area is 103 Å². The zero-order valence-corrected chi connectivity index (χ0v) is 10.6. The third-order valence-corrected chi connectivity index (χ3v) is 3.46. The first-order valence-corrected chi connectivity index (χ1v) is 5.51. The highest BCUT2D eigenvalue weighted by atomic mass is 19.4. The maximum absolute atomic E-state index is 12.7. The number of hydrogen-bond acceptors (Lipinski definition) is 3. The van der Waals surface area contributed by atoms with Crippen LogP contribution in [0.3, 0.4) is 0 Å². The number of aromatic amines is 1. The molecule has 1 aliphatic heterocycles. The SMILES string of the molecule is CC1(C)OB(c2[nH]ncc2C(F)(F)F)OC1(C)C. The number of nitrogens with zero attached hydrogens (tertiary/aromatic N) is 1. The summed E-state index contributed by atoms with van der Waals surface area (Å²) in [5, 5.41) is 5.73. The van der Waals surface area contributed by atoms with E-state index in [1.54, 1.807) is 27.7 Å². The standard InChI is InChI=1S/C10H14BF3N2O2/c1-8(2)9(3,4)18-11(17-8)7-6(5-15-16-7)10(12,13)14/h5H,1-4H3,(H,15,16). The zero-order chi connectivity index (χ0) is 13.8. The summed E-state index contributed by atoms with van der Waals surface area (Å²) in [5.41, 5.74) is -2.43. The highest BCUT2D eigenvalue weighted by molar-refractivity contribution is 6.61. The van der Waals surface area contributed by atoms with Gasteiger partial charge >= 0.3 is 13.3 Å². The molecule has 1 aromatic heterocycles. The number of hydrogen-bond donors (Lipinski definition) is 1. The van der Waals surface area contributed by atoms with Gasteiger partial charge in [-0.3, -0.25) is 5.10 Å². The van der Waals surface area contributed by atoms with Crippen LogP contribution in [0.15, 0.2) is 6.20 Å². The van der Waals surface area contributed by atoms with Crippen LogP contribution in [0.4, 0.5) is 13.2 Å². The fourth-order valence-electron chi connectivity index (χ4n) is 1.66. The largest absolute Gasteiger partial charge is 0.514 e. The van der Waals surface area contributed by atoms with E-state index >= 15 is 0 Å². The Hall–Kier alpha value is -1.02. The predicted octanol–water partition coefficient (Wildman–Crippen LogP) is 1.73. The highest BCUT2D eigenvalue weighted by Gasteiger charge is 2.54. The van der Waals surface area contributed by atoms with Crippen LogP contribution in [0.1, 0.15) is 33.3 Å². The lowest BCUT2D eigenvalue weighted by Gasteiger charge is -2.32. The van der Waals surface area contributed by atoms with Crippen LogP contribution >= 0.6 is 0 Å². The Bertz CT molecular complexity index is 440. The summed E-state index contributed by atoms with van der Waals surface area (Å²) < 4.78 is 49.3. The van der Waals surface area contributed by atoms with Gasteiger partial charge in [-0.15, -0.1) is 0 Å². The molecule has 0 amide bonds. The second kappa shape index (κ2) is 3.74. The van der Waals surface area contributed by atoms with Crippen LogP contribution < -0.4 is 5.59 Å². The quantitative estimate of drug-likeness (QED) is 0.784. The molecule has 18 heavy (non-hydrogen) atoms. The Morgan fingerprint density at radius 1 is 1.17 bits per heavy atom. The van der Waals surface area contributed by atoms with E-state index in [1.807, 2.05) is 0 Å². The van der Waals surface area contributed by atoms with Crippen molar-refractivity contribution in [2.24, 2.45) is 0 Å². The maximum Gasteiger partial charge on any atom is 0.514 e. The Kier molecular flexibility index (Phi) is 2.79. The van der Waals surface area contributed by atoms with E-state index in [9.17, 15) is 13.2 Å². The predicted molar refractivity (Wildman–Crippen MR) is 59.3 cm³/mol. The molecule has 0 bridgehead atoms. The maximum atomic E-state index is 12.7. The van der Waals surface area contributed by atoms with Crippen molar-refractivity contribution in [2.75, 3.05) is 0 Å². The summed E-state index contributed by atoms with van der Waals surface area (Å²) in [6.07, 6.45) is -3.74. The molecule has 8 heteroatoms. The molecule has 100 valence electrons. The second-order valence-corrected chi connectivity index (χ2v) is 5.28. The van der Waals surface area contributed by atoms with E-state index in [0.717, 1.165) is 6.20 Å². The summed E-state index contributed by atoms with van der Waals surface area (Å²) in [4.78, 5) is 0. The van der Waals surface area contributed by atoms with Gasteiger partial charge in [-0.1, -0.05) is 0 Å². The van der Waals surface area contributed by atoms with Gasteiger partial charge in [-0.25, -0.2) is 0 Å². The van der Waals surface area contributed by atoms with Crippen molar-refractivity contribution in [3.63, 3.8) is 0 Å². The van der Waals surface area contributed by atoms with E-state index in [4.69, 9.17) is 9.31 Å². The Morgan fingerprint density at radius 3 is 2.11 bits per heavy atom. The lowest BCUT2D eigenvalue weighted by atomic mass is 9.82. The number of halogens is 3. The third kappa shape index (κ3) is 2.03. The average Bonchev–Trinajstić information content (AvgIpc) is 2.68. The van der Waals surface area contributed by atoms with Crippen molar-refractivity contribution in [1.29, 1.82) is 0 Å². The van der Waals surface area contributed by atoms with Gasteiger partial charge in [0.15, 0.2) is 0 Å². The number of nitrogens with one attached hydrogen (secondary N) is 1. The second-order valence-electron chi connectivity index (χ2n) is 5.28. The Balaban J connectivity index is 2.34. The molecule has 0 aromatic carbocycles. The minimum absolute atomic E-state index is 0.193. The molecule has 2 heterocycles. The average molecular weight is 262 g/mol. The minimum atomic E-state index is -4.48. The van der Waals surface area contributed by atoms with Crippen LogP contribution in [0.2, 0.25) is 0 Å². The Morgan fingerprint density at radius 2 is 1.67 bits per heavy atom. The van der Waals surface area contributed by atoms with Gasteiger partial charge in [0.2, 0.25) is 0 Å². The topological polar surface area (TPSA) is 47.1 Å². The first-order valence-electron chi connectivity index (χ1n) is 5.51. The molecule has 1 saturated heterocycles. The molecule has 0 aliphatic carbocycles. The molecule has 4 nitrogen and oxygen atoms in total. The number of alkyl halides is 3. The van der Waals surface area contributed by atoms with Gasteiger partial charge in [0.05, 0.1) is 28.6 Å². The van der Waals surface area contributed by atoms with Crippen LogP contribution in [0.25, 0.3) is 0 Å². The molecule has 1 aromatic rings. The molecule has 0 radical (unpaired) electrons. The van der Waals surface area contributed by atoms with Gasteiger partial charge in [0, 0.05) is 0 Å². The first-order chi connectivity index (χ1) is 8.05. The van der Waals surface area contributed by atoms with E-state index in [2.05, 4.69) is 10.2 Å². The van der Waals surface area contributed by atoms with E-state index in [-0.39, 0.29) is 5.59 Å². The van der Waals surface area contributed by atoms with Gasteiger partial charge in [-0.2, -0.15) is 18.3 Å². The first kappa shape index (κ1) is 13.4. The summed E-state index contributed by atoms with van der Waals surface area (Å²) in [7, 11) is -1.09. The van der Waals surface area contributed by atoms with Gasteiger partial charge < -0.3 is 9.31 Å². The molecular formula is C10H14BF3N2O2. The minimum Gasteiger partial charge on any atom is -0.398 e. The zero-order valence-electron chi connectivity index (χ0n) is 10.6. The molecule has 1 N–H and O–H groups in total. The monoisotopic (exact) mass is 262 g/mol. The van der Waals surface area contributed by atoms with Crippen molar-refractivity contribution < 1.29 is 22.5 Å². The summed E-state index contributed by atoms with van der Waals surface area (Å²) >= 11 is 0.